The van der Waals surface area contributed by atoms with Crippen molar-refractivity contribution in [2.75, 3.05) is 13.2 Å². The minimum Gasteiger partial charge on any atom is -0.479 e. The van der Waals surface area contributed by atoms with E-state index in [0.29, 0.717) is 5.75 Å². The summed E-state index contributed by atoms with van der Waals surface area (Å²) in [5, 5.41) is 8.49. The summed E-state index contributed by atoms with van der Waals surface area (Å²) in [5.74, 6) is 0.695. The quantitative estimate of drug-likeness (QED) is 0.777. The first-order valence-electron chi connectivity index (χ1n) is 6.54. The molecular formula is C17H17N2OY-. The van der Waals surface area contributed by atoms with Gasteiger partial charge in [-0.15, -0.1) is 17.7 Å². The topological polar surface area (TPSA) is 36.3 Å². The SMILES string of the molecule is C=C1C(C)=C[C-]=C(c2ccc(OCC#N)cc2)N1CC.[Y]. The van der Waals surface area contributed by atoms with Crippen LogP contribution in [0.15, 0.2) is 48.2 Å². The van der Waals surface area contributed by atoms with Gasteiger partial charge in [-0.05, 0) is 24.8 Å². The Kier molecular flexibility index (Phi) is 6.88. The van der Waals surface area contributed by atoms with Gasteiger partial charge in [-0.3, -0.25) is 0 Å². The number of likely N-dealkylation sites (N-methyl/N-ethyl adjacent to an activating group) is 1. The van der Waals surface area contributed by atoms with E-state index in [-0.39, 0.29) is 39.3 Å². The number of hydrogen-bond acceptors (Lipinski definition) is 3. The van der Waals surface area contributed by atoms with Gasteiger partial charge in [0, 0.05) is 39.3 Å². The second-order valence-electron chi connectivity index (χ2n) is 4.48. The van der Waals surface area contributed by atoms with Crippen molar-refractivity contribution in [3.8, 4) is 11.8 Å². The molecule has 1 aromatic rings. The Morgan fingerprint density at radius 1 is 1.33 bits per heavy atom. The van der Waals surface area contributed by atoms with Gasteiger partial charge >= 0.3 is 0 Å². The summed E-state index contributed by atoms with van der Waals surface area (Å²) >= 11 is 0. The maximum Gasteiger partial charge on any atom is 0.174 e. The monoisotopic (exact) mass is 354 g/mol. The van der Waals surface area contributed by atoms with Crippen LogP contribution in [0.3, 0.4) is 0 Å². The largest absolute Gasteiger partial charge is 0.479 e. The van der Waals surface area contributed by atoms with Crippen molar-refractivity contribution >= 4 is 5.70 Å². The van der Waals surface area contributed by atoms with Crippen molar-refractivity contribution in [3.63, 3.8) is 0 Å². The number of nitrogens with zero attached hydrogens (tertiary/aromatic N) is 2. The van der Waals surface area contributed by atoms with Gasteiger partial charge in [0.1, 0.15) is 11.8 Å². The third kappa shape index (κ3) is 4.06. The molecule has 0 atom stereocenters. The molecule has 0 fully saturated rings. The van der Waals surface area contributed by atoms with E-state index < -0.39 is 0 Å². The molecule has 105 valence electrons. The summed E-state index contributed by atoms with van der Waals surface area (Å²) in [7, 11) is 0. The molecule has 1 aliphatic heterocycles. The van der Waals surface area contributed by atoms with E-state index in [1.54, 1.807) is 0 Å². The van der Waals surface area contributed by atoms with E-state index in [1.165, 1.54) is 0 Å². The first-order valence-corrected chi connectivity index (χ1v) is 6.54. The molecule has 0 spiro atoms. The van der Waals surface area contributed by atoms with Crippen LogP contribution in [0, 0.1) is 17.4 Å². The fraction of sp³-hybridized carbons (Fsp3) is 0.235. The van der Waals surface area contributed by atoms with Crippen molar-refractivity contribution < 1.29 is 37.4 Å². The minimum absolute atomic E-state index is 0. The van der Waals surface area contributed by atoms with Crippen molar-refractivity contribution in [1.29, 1.82) is 5.26 Å². The van der Waals surface area contributed by atoms with Crippen LogP contribution >= 0.6 is 0 Å². The van der Waals surface area contributed by atoms with Crippen LogP contribution in [-0.4, -0.2) is 18.1 Å². The molecule has 0 saturated carbocycles. The van der Waals surface area contributed by atoms with E-state index in [2.05, 4.69) is 24.5 Å². The number of ether oxygens (including phenoxy) is 1. The zero-order valence-corrected chi connectivity index (χ0v) is 15.2. The predicted octanol–water partition coefficient (Wildman–Crippen LogP) is 3.53. The molecular weight excluding hydrogens is 337 g/mol. The Balaban J connectivity index is 0.00000220. The van der Waals surface area contributed by atoms with Crippen LogP contribution in [0.2, 0.25) is 0 Å². The van der Waals surface area contributed by atoms with Gasteiger partial charge in [0.2, 0.25) is 0 Å². The molecule has 4 heteroatoms. The Morgan fingerprint density at radius 2 is 2.00 bits per heavy atom. The molecule has 0 saturated heterocycles. The third-order valence-corrected chi connectivity index (χ3v) is 3.22. The Hall–Kier alpha value is -1.37. The molecule has 1 radical (unpaired) electrons. The number of allylic oxidation sites excluding steroid dienone is 3. The number of rotatable bonds is 4. The van der Waals surface area contributed by atoms with Gasteiger partial charge in [-0.2, -0.15) is 17.4 Å². The fourth-order valence-electron chi connectivity index (χ4n) is 2.10. The normalized spacial score (nSPS) is 13.8. The smallest absolute Gasteiger partial charge is 0.174 e. The van der Waals surface area contributed by atoms with Crippen LogP contribution < -0.4 is 4.74 Å². The van der Waals surface area contributed by atoms with Crippen LogP contribution in [0.25, 0.3) is 5.70 Å². The number of nitriles is 1. The minimum atomic E-state index is 0. The van der Waals surface area contributed by atoms with E-state index in [9.17, 15) is 0 Å². The first-order chi connectivity index (χ1) is 9.67. The van der Waals surface area contributed by atoms with Crippen LogP contribution in [0.5, 0.6) is 5.75 Å². The number of hydrogen-bond donors (Lipinski definition) is 0. The van der Waals surface area contributed by atoms with E-state index in [0.717, 1.165) is 29.1 Å². The molecule has 2 rings (SSSR count). The zero-order chi connectivity index (χ0) is 14.5. The molecule has 0 bridgehead atoms. The maximum absolute atomic E-state index is 8.49. The van der Waals surface area contributed by atoms with Crippen LogP contribution in [-0.2, 0) is 32.7 Å². The average molecular weight is 354 g/mol. The van der Waals surface area contributed by atoms with Crippen LogP contribution in [0.4, 0.5) is 0 Å². The van der Waals surface area contributed by atoms with Crippen molar-refractivity contribution in [3.05, 3.63) is 59.8 Å². The zero-order valence-electron chi connectivity index (χ0n) is 12.4. The molecule has 0 aliphatic carbocycles. The summed E-state index contributed by atoms with van der Waals surface area (Å²) in [6.45, 7) is 9.16. The molecule has 0 unspecified atom stereocenters. The summed E-state index contributed by atoms with van der Waals surface area (Å²) in [6.07, 6.45) is 5.27. The van der Waals surface area contributed by atoms with E-state index in [1.807, 2.05) is 43.3 Å². The molecule has 1 aliphatic rings. The van der Waals surface area contributed by atoms with Crippen molar-refractivity contribution in [1.82, 2.24) is 4.90 Å². The van der Waals surface area contributed by atoms with Crippen LogP contribution in [0.1, 0.15) is 19.4 Å². The standard InChI is InChI=1S/C17H17N2O.Y/c1-4-19-14(3)13(2)5-10-17(19)15-6-8-16(9-7-15)20-12-11-18;/h5-9H,3-4,12H2,1-2H3;/q-1;. The van der Waals surface area contributed by atoms with E-state index in [4.69, 9.17) is 10.00 Å². The van der Waals surface area contributed by atoms with Gasteiger partial charge in [-0.25, -0.2) is 0 Å². The third-order valence-electron chi connectivity index (χ3n) is 3.22. The number of benzene rings is 1. The first kappa shape index (κ1) is 17.7. The Labute approximate surface area is 151 Å². The summed E-state index contributed by atoms with van der Waals surface area (Å²) < 4.78 is 5.25. The molecule has 1 aromatic carbocycles. The predicted molar refractivity (Wildman–Crippen MR) is 79.5 cm³/mol. The molecule has 0 N–H and O–H groups in total. The van der Waals surface area contributed by atoms with Gasteiger partial charge in [0.15, 0.2) is 6.61 Å². The van der Waals surface area contributed by atoms with Gasteiger partial charge < -0.3 is 9.64 Å². The maximum atomic E-state index is 8.49. The fourth-order valence-corrected chi connectivity index (χ4v) is 2.10. The van der Waals surface area contributed by atoms with Crippen molar-refractivity contribution in [2.24, 2.45) is 0 Å². The Bertz CT molecular complexity index is 609. The second kappa shape index (κ2) is 8.17. The summed E-state index contributed by atoms with van der Waals surface area (Å²) in [6, 6.07) is 9.63. The van der Waals surface area contributed by atoms with Gasteiger partial charge in [0.05, 0.1) is 0 Å². The summed E-state index contributed by atoms with van der Waals surface area (Å²) in [5.41, 5.74) is 4.20. The van der Waals surface area contributed by atoms with Gasteiger partial charge in [-0.1, -0.05) is 24.8 Å². The van der Waals surface area contributed by atoms with Gasteiger partial charge in [0.25, 0.3) is 0 Å². The second-order valence-corrected chi connectivity index (χ2v) is 4.48. The average Bonchev–Trinajstić information content (AvgIpc) is 2.48. The molecule has 0 amide bonds. The molecule has 21 heavy (non-hydrogen) atoms. The Morgan fingerprint density at radius 3 is 2.57 bits per heavy atom. The molecule has 0 aromatic heterocycles. The van der Waals surface area contributed by atoms with Crippen molar-refractivity contribution in [2.45, 2.75) is 13.8 Å². The van der Waals surface area contributed by atoms with E-state index >= 15 is 0 Å². The molecule has 3 nitrogen and oxygen atoms in total. The summed E-state index contributed by atoms with van der Waals surface area (Å²) in [4.78, 5) is 2.14. The molecule has 1 heterocycles.